The molecule has 2 N–H and O–H groups in total. The van der Waals surface area contributed by atoms with Crippen molar-refractivity contribution in [2.75, 3.05) is 27.2 Å². The van der Waals surface area contributed by atoms with Crippen LogP contribution in [0.5, 0.6) is 0 Å². The van der Waals surface area contributed by atoms with Gasteiger partial charge < -0.3 is 10.6 Å². The molecule has 1 saturated carbocycles. The summed E-state index contributed by atoms with van der Waals surface area (Å²) in [6.07, 6.45) is 8.21. The highest BCUT2D eigenvalue weighted by molar-refractivity contribution is 4.84. The summed E-state index contributed by atoms with van der Waals surface area (Å²) in [6, 6.07) is 0. The number of hydrogen-bond donors (Lipinski definition) is 1. The lowest BCUT2D eigenvalue weighted by Gasteiger charge is -2.37. The van der Waals surface area contributed by atoms with Gasteiger partial charge >= 0.3 is 0 Å². The Morgan fingerprint density at radius 3 is 2.23 bits per heavy atom. The summed E-state index contributed by atoms with van der Waals surface area (Å²) in [5.41, 5.74) is 6.39. The lowest BCUT2D eigenvalue weighted by atomic mass is 9.72. The van der Waals surface area contributed by atoms with Crippen LogP contribution in [-0.2, 0) is 0 Å². The first kappa shape index (κ1) is 11.0. The van der Waals surface area contributed by atoms with Crippen LogP contribution < -0.4 is 5.73 Å². The summed E-state index contributed by atoms with van der Waals surface area (Å²) < 4.78 is 0. The van der Waals surface area contributed by atoms with Gasteiger partial charge in [-0.2, -0.15) is 0 Å². The fourth-order valence-corrected chi connectivity index (χ4v) is 2.32. The molecule has 0 heterocycles. The van der Waals surface area contributed by atoms with Crippen LogP contribution in [0.4, 0.5) is 0 Å². The Morgan fingerprint density at radius 1 is 1.15 bits per heavy atom. The molecule has 1 fully saturated rings. The summed E-state index contributed by atoms with van der Waals surface area (Å²) >= 11 is 0. The van der Waals surface area contributed by atoms with Crippen molar-refractivity contribution in [2.45, 2.75) is 38.5 Å². The smallest absolute Gasteiger partial charge is 0.00191 e. The van der Waals surface area contributed by atoms with E-state index in [0.29, 0.717) is 5.41 Å². The molecule has 0 radical (unpaired) electrons. The molecule has 0 aromatic carbocycles. The normalized spacial score (nSPS) is 22.2. The summed E-state index contributed by atoms with van der Waals surface area (Å²) in [5.74, 6) is 0. The van der Waals surface area contributed by atoms with Gasteiger partial charge in [-0.1, -0.05) is 19.3 Å². The van der Waals surface area contributed by atoms with Crippen LogP contribution in [-0.4, -0.2) is 32.1 Å². The number of rotatable bonds is 4. The average Bonchev–Trinajstić information content (AvgIpc) is 2.16. The van der Waals surface area contributed by atoms with Crippen molar-refractivity contribution in [3.63, 3.8) is 0 Å². The predicted molar refractivity (Wildman–Crippen MR) is 57.7 cm³/mol. The van der Waals surface area contributed by atoms with Crippen molar-refractivity contribution in [3.05, 3.63) is 0 Å². The molecule has 0 unspecified atom stereocenters. The lowest BCUT2D eigenvalue weighted by molar-refractivity contribution is 0.163. The van der Waals surface area contributed by atoms with E-state index < -0.39 is 0 Å². The van der Waals surface area contributed by atoms with Crippen LogP contribution in [0, 0.1) is 5.41 Å². The number of nitrogens with zero attached hydrogens (tertiary/aromatic N) is 1. The van der Waals surface area contributed by atoms with Crippen LogP contribution >= 0.6 is 0 Å². The predicted octanol–water partition coefficient (Wildman–Crippen LogP) is 1.85. The van der Waals surface area contributed by atoms with Crippen molar-refractivity contribution in [3.8, 4) is 0 Å². The van der Waals surface area contributed by atoms with Crippen LogP contribution in [0.25, 0.3) is 0 Å². The van der Waals surface area contributed by atoms with Gasteiger partial charge in [-0.3, -0.25) is 0 Å². The van der Waals surface area contributed by atoms with Gasteiger partial charge in [-0.05, 0) is 51.9 Å². The highest BCUT2D eigenvalue weighted by Gasteiger charge is 2.29. The molecule has 1 aliphatic rings. The Hall–Kier alpha value is -0.0800. The molecule has 2 nitrogen and oxygen atoms in total. The second-order valence-electron chi connectivity index (χ2n) is 4.82. The van der Waals surface area contributed by atoms with Crippen LogP contribution in [0.2, 0.25) is 0 Å². The molecule has 0 atom stereocenters. The van der Waals surface area contributed by atoms with Gasteiger partial charge in [0.15, 0.2) is 0 Å². The zero-order valence-electron chi connectivity index (χ0n) is 9.18. The Morgan fingerprint density at radius 2 is 1.77 bits per heavy atom. The first-order valence-electron chi connectivity index (χ1n) is 5.53. The molecule has 0 spiro atoms. The highest BCUT2D eigenvalue weighted by Crippen LogP contribution is 2.38. The van der Waals surface area contributed by atoms with E-state index in [9.17, 15) is 0 Å². The molecule has 0 aromatic heterocycles. The lowest BCUT2D eigenvalue weighted by Crippen LogP contribution is -2.35. The van der Waals surface area contributed by atoms with Crippen LogP contribution in [0.1, 0.15) is 38.5 Å². The van der Waals surface area contributed by atoms with Crippen molar-refractivity contribution in [1.29, 1.82) is 0 Å². The molecule has 0 aromatic rings. The van der Waals surface area contributed by atoms with E-state index >= 15 is 0 Å². The SMILES string of the molecule is CN(C)CCC1(CN)CCCCC1. The van der Waals surface area contributed by atoms with E-state index in [4.69, 9.17) is 5.73 Å². The Labute approximate surface area is 82.5 Å². The van der Waals surface area contributed by atoms with Crippen molar-refractivity contribution in [1.82, 2.24) is 4.90 Å². The summed E-state index contributed by atoms with van der Waals surface area (Å²) in [7, 11) is 4.29. The molecule has 78 valence electrons. The highest BCUT2D eigenvalue weighted by atomic mass is 15.0. The third-order valence-electron chi connectivity index (χ3n) is 3.44. The molecule has 13 heavy (non-hydrogen) atoms. The van der Waals surface area contributed by atoms with Crippen molar-refractivity contribution in [2.24, 2.45) is 11.1 Å². The number of hydrogen-bond acceptors (Lipinski definition) is 2. The second kappa shape index (κ2) is 4.97. The molecular weight excluding hydrogens is 160 g/mol. The molecule has 1 aliphatic carbocycles. The van der Waals surface area contributed by atoms with Gasteiger partial charge in [0.05, 0.1) is 0 Å². The maximum Gasteiger partial charge on any atom is -0.00191 e. The van der Waals surface area contributed by atoms with E-state index in [0.717, 1.165) is 6.54 Å². The molecule has 1 rings (SSSR count). The maximum absolute atomic E-state index is 5.91. The molecule has 0 aliphatic heterocycles. The molecule has 0 saturated heterocycles. The quantitative estimate of drug-likeness (QED) is 0.722. The van der Waals surface area contributed by atoms with E-state index in [1.54, 1.807) is 0 Å². The topological polar surface area (TPSA) is 29.3 Å². The standard InChI is InChI=1S/C11H24N2/c1-13(2)9-8-11(10-12)6-4-3-5-7-11/h3-10,12H2,1-2H3. The van der Waals surface area contributed by atoms with Crippen LogP contribution in [0.15, 0.2) is 0 Å². The molecule has 0 bridgehead atoms. The monoisotopic (exact) mass is 184 g/mol. The summed E-state index contributed by atoms with van der Waals surface area (Å²) in [6.45, 7) is 2.08. The Bertz CT molecular complexity index is 137. The minimum Gasteiger partial charge on any atom is -0.330 e. The molecule has 0 amide bonds. The molecular formula is C11H24N2. The van der Waals surface area contributed by atoms with Gasteiger partial charge in [0, 0.05) is 0 Å². The largest absolute Gasteiger partial charge is 0.330 e. The van der Waals surface area contributed by atoms with Crippen molar-refractivity contribution < 1.29 is 0 Å². The Balaban J connectivity index is 2.38. The summed E-state index contributed by atoms with van der Waals surface area (Å²) in [5, 5.41) is 0. The van der Waals surface area contributed by atoms with Gasteiger partial charge in [0.2, 0.25) is 0 Å². The van der Waals surface area contributed by atoms with Gasteiger partial charge in [-0.15, -0.1) is 0 Å². The fourth-order valence-electron chi connectivity index (χ4n) is 2.32. The zero-order valence-corrected chi connectivity index (χ0v) is 9.18. The minimum atomic E-state index is 0.489. The van der Waals surface area contributed by atoms with E-state index in [1.165, 1.54) is 45.1 Å². The Kier molecular flexibility index (Phi) is 4.20. The van der Waals surface area contributed by atoms with E-state index in [-0.39, 0.29) is 0 Å². The first-order valence-corrected chi connectivity index (χ1v) is 5.53. The molecule has 2 heteroatoms. The van der Waals surface area contributed by atoms with Gasteiger partial charge in [0.1, 0.15) is 0 Å². The summed E-state index contributed by atoms with van der Waals surface area (Å²) in [4.78, 5) is 2.27. The third kappa shape index (κ3) is 3.28. The first-order chi connectivity index (χ1) is 6.18. The third-order valence-corrected chi connectivity index (χ3v) is 3.44. The van der Waals surface area contributed by atoms with Gasteiger partial charge in [0.25, 0.3) is 0 Å². The second-order valence-corrected chi connectivity index (χ2v) is 4.82. The van der Waals surface area contributed by atoms with Crippen LogP contribution in [0.3, 0.4) is 0 Å². The van der Waals surface area contributed by atoms with E-state index in [1.807, 2.05) is 0 Å². The minimum absolute atomic E-state index is 0.489. The van der Waals surface area contributed by atoms with Crippen molar-refractivity contribution >= 4 is 0 Å². The number of nitrogens with two attached hydrogens (primary N) is 1. The van der Waals surface area contributed by atoms with E-state index in [2.05, 4.69) is 19.0 Å². The average molecular weight is 184 g/mol. The zero-order chi connectivity index (χ0) is 9.73. The fraction of sp³-hybridized carbons (Fsp3) is 1.00. The van der Waals surface area contributed by atoms with Gasteiger partial charge in [-0.25, -0.2) is 0 Å². The maximum atomic E-state index is 5.91.